The van der Waals surface area contributed by atoms with Crippen LogP contribution in [0.1, 0.15) is 23.2 Å². The van der Waals surface area contributed by atoms with E-state index >= 15 is 0 Å². The lowest BCUT2D eigenvalue weighted by atomic mass is 9.97. The number of ether oxygens (including phenoxy) is 2. The van der Waals surface area contributed by atoms with Crippen LogP contribution in [0.3, 0.4) is 0 Å². The molecule has 1 aliphatic rings. The zero-order chi connectivity index (χ0) is 20.3. The molecule has 1 heterocycles. The molecule has 1 saturated heterocycles. The first-order chi connectivity index (χ1) is 13.4. The van der Waals surface area contributed by atoms with Crippen molar-refractivity contribution >= 4 is 21.8 Å². The summed E-state index contributed by atoms with van der Waals surface area (Å²) in [6.07, 6.45) is 0. The average molecular weight is 403 g/mol. The maximum Gasteiger partial charge on any atom is 0.326 e. The SMILES string of the molecule is COC(=O)C1C(c2ccccc2)NC(c2ccccc2)C(C(=O)OC)S1(=O)=O. The zero-order valence-electron chi connectivity index (χ0n) is 15.4. The molecule has 0 radical (unpaired) electrons. The standard InChI is InChI=1S/C20H21NO6S/c1-26-19(22)17-15(13-9-5-3-6-10-13)21-16(14-11-7-4-8-12-14)18(20(23)27-2)28(17,24)25/h3-12,15-18,21H,1-2H3. The Labute approximate surface area is 163 Å². The molecule has 0 spiro atoms. The first-order valence-corrected chi connectivity index (χ1v) is 10.3. The molecule has 0 saturated carbocycles. The molecule has 0 bridgehead atoms. The Balaban J connectivity index is 2.19. The van der Waals surface area contributed by atoms with Crippen molar-refractivity contribution in [2.24, 2.45) is 0 Å². The van der Waals surface area contributed by atoms with Gasteiger partial charge in [-0.1, -0.05) is 60.7 Å². The first-order valence-electron chi connectivity index (χ1n) is 8.66. The van der Waals surface area contributed by atoms with E-state index in [1.165, 1.54) is 0 Å². The predicted molar refractivity (Wildman–Crippen MR) is 102 cm³/mol. The van der Waals surface area contributed by atoms with Crippen molar-refractivity contribution in [1.29, 1.82) is 0 Å². The smallest absolute Gasteiger partial charge is 0.326 e. The fourth-order valence-corrected chi connectivity index (χ4v) is 5.82. The maximum absolute atomic E-state index is 13.4. The first kappa shape index (κ1) is 20.0. The third-order valence-electron chi connectivity index (χ3n) is 4.86. The highest BCUT2D eigenvalue weighted by atomic mass is 32.2. The highest BCUT2D eigenvalue weighted by molar-refractivity contribution is 7.94. The maximum atomic E-state index is 13.4. The summed E-state index contributed by atoms with van der Waals surface area (Å²) < 4.78 is 36.4. The van der Waals surface area contributed by atoms with E-state index in [9.17, 15) is 18.0 Å². The van der Waals surface area contributed by atoms with E-state index in [1.807, 2.05) is 0 Å². The molecule has 7 nitrogen and oxygen atoms in total. The van der Waals surface area contributed by atoms with Crippen LogP contribution in [0.5, 0.6) is 0 Å². The molecule has 1 fully saturated rings. The molecular weight excluding hydrogens is 382 g/mol. The van der Waals surface area contributed by atoms with Gasteiger partial charge in [0, 0.05) is 0 Å². The van der Waals surface area contributed by atoms with Crippen LogP contribution in [0.4, 0.5) is 0 Å². The third-order valence-corrected chi connectivity index (χ3v) is 7.20. The highest BCUT2D eigenvalue weighted by Crippen LogP contribution is 2.39. The summed E-state index contributed by atoms with van der Waals surface area (Å²) in [5.41, 5.74) is 1.21. The van der Waals surface area contributed by atoms with Crippen LogP contribution < -0.4 is 5.32 Å². The van der Waals surface area contributed by atoms with Crippen molar-refractivity contribution in [2.75, 3.05) is 14.2 Å². The molecular formula is C20H21NO6S. The Kier molecular flexibility index (Phi) is 5.81. The quantitative estimate of drug-likeness (QED) is 0.774. The molecule has 1 aliphatic heterocycles. The summed E-state index contributed by atoms with van der Waals surface area (Å²) in [7, 11) is -2.05. The zero-order valence-corrected chi connectivity index (χ0v) is 16.3. The summed E-state index contributed by atoms with van der Waals surface area (Å²) in [6, 6.07) is 15.7. The Bertz CT molecular complexity index is 874. The normalized spacial score (nSPS) is 26.2. The molecule has 2 aromatic rings. The minimum Gasteiger partial charge on any atom is -0.468 e. The van der Waals surface area contributed by atoms with Gasteiger partial charge in [-0.2, -0.15) is 0 Å². The average Bonchev–Trinajstić information content (AvgIpc) is 2.72. The number of methoxy groups -OCH3 is 2. The topological polar surface area (TPSA) is 98.8 Å². The molecule has 2 aromatic carbocycles. The van der Waals surface area contributed by atoms with E-state index < -0.39 is 44.4 Å². The minimum atomic E-state index is -4.29. The van der Waals surface area contributed by atoms with Crippen molar-refractivity contribution in [1.82, 2.24) is 5.32 Å². The largest absolute Gasteiger partial charge is 0.468 e. The summed E-state index contributed by atoms with van der Waals surface area (Å²) in [5, 5.41) is 0.0321. The van der Waals surface area contributed by atoms with Crippen molar-refractivity contribution in [3.05, 3.63) is 71.8 Å². The van der Waals surface area contributed by atoms with E-state index in [4.69, 9.17) is 9.47 Å². The lowest BCUT2D eigenvalue weighted by molar-refractivity contribution is -0.142. The molecule has 0 aromatic heterocycles. The van der Waals surface area contributed by atoms with Gasteiger partial charge in [-0.3, -0.25) is 14.9 Å². The van der Waals surface area contributed by atoms with Crippen LogP contribution in [0, 0.1) is 0 Å². The number of sulfone groups is 1. The summed E-state index contributed by atoms with van der Waals surface area (Å²) in [5.74, 6) is -1.86. The number of benzene rings is 2. The van der Waals surface area contributed by atoms with Gasteiger partial charge < -0.3 is 9.47 Å². The van der Waals surface area contributed by atoms with E-state index in [1.54, 1.807) is 60.7 Å². The van der Waals surface area contributed by atoms with Gasteiger partial charge in [-0.25, -0.2) is 8.42 Å². The van der Waals surface area contributed by atoms with Crippen LogP contribution in [-0.2, 0) is 28.9 Å². The van der Waals surface area contributed by atoms with Crippen LogP contribution in [0.15, 0.2) is 60.7 Å². The summed E-state index contributed by atoms with van der Waals surface area (Å²) in [6.45, 7) is 0. The number of carbonyl (C=O) groups is 2. The Morgan fingerprint density at radius 2 is 1.11 bits per heavy atom. The second-order valence-electron chi connectivity index (χ2n) is 6.42. The lowest BCUT2D eigenvalue weighted by Crippen LogP contribution is -2.59. The molecule has 4 atom stereocenters. The second-order valence-corrected chi connectivity index (χ2v) is 8.61. The molecule has 1 N–H and O–H groups in total. The third kappa shape index (κ3) is 3.53. The Morgan fingerprint density at radius 3 is 1.43 bits per heavy atom. The summed E-state index contributed by atoms with van der Waals surface area (Å²) in [4.78, 5) is 24.9. The number of esters is 2. The van der Waals surface area contributed by atoms with Crippen LogP contribution in [0.2, 0.25) is 0 Å². The van der Waals surface area contributed by atoms with E-state index in [-0.39, 0.29) is 0 Å². The molecule has 148 valence electrons. The van der Waals surface area contributed by atoms with Crippen LogP contribution in [0.25, 0.3) is 0 Å². The predicted octanol–water partition coefficient (Wildman–Crippen LogP) is 1.57. The fourth-order valence-electron chi connectivity index (χ4n) is 3.54. The van der Waals surface area contributed by atoms with E-state index in [0.717, 1.165) is 14.2 Å². The number of rotatable bonds is 4. The van der Waals surface area contributed by atoms with Crippen molar-refractivity contribution in [3.63, 3.8) is 0 Å². The van der Waals surface area contributed by atoms with Gasteiger partial charge >= 0.3 is 11.9 Å². The van der Waals surface area contributed by atoms with Gasteiger partial charge in [0.05, 0.1) is 26.3 Å². The molecule has 28 heavy (non-hydrogen) atoms. The highest BCUT2D eigenvalue weighted by Gasteiger charge is 2.56. The van der Waals surface area contributed by atoms with E-state index in [2.05, 4.69) is 5.32 Å². The monoisotopic (exact) mass is 403 g/mol. The van der Waals surface area contributed by atoms with Crippen molar-refractivity contribution < 1.29 is 27.5 Å². The van der Waals surface area contributed by atoms with Gasteiger partial charge in [0.1, 0.15) is 0 Å². The molecule has 8 heteroatoms. The number of hydrogen-bond acceptors (Lipinski definition) is 7. The molecule has 0 amide bonds. The van der Waals surface area contributed by atoms with Gasteiger partial charge in [0.2, 0.25) is 0 Å². The molecule has 4 unspecified atom stereocenters. The van der Waals surface area contributed by atoms with Gasteiger partial charge in [-0.15, -0.1) is 0 Å². The number of carbonyl (C=O) groups excluding carboxylic acids is 2. The minimum absolute atomic E-state index is 0.603. The fraction of sp³-hybridized carbons (Fsp3) is 0.300. The van der Waals surface area contributed by atoms with E-state index in [0.29, 0.717) is 11.1 Å². The Morgan fingerprint density at radius 1 is 0.750 bits per heavy atom. The van der Waals surface area contributed by atoms with Gasteiger partial charge in [0.25, 0.3) is 0 Å². The number of hydrogen-bond donors (Lipinski definition) is 1. The lowest BCUT2D eigenvalue weighted by Gasteiger charge is -2.40. The second kappa shape index (κ2) is 8.12. The summed E-state index contributed by atoms with van der Waals surface area (Å²) >= 11 is 0. The van der Waals surface area contributed by atoms with Crippen molar-refractivity contribution in [2.45, 2.75) is 22.6 Å². The van der Waals surface area contributed by atoms with Crippen LogP contribution >= 0.6 is 0 Å². The number of nitrogens with one attached hydrogen (secondary N) is 1. The molecule has 3 rings (SSSR count). The van der Waals surface area contributed by atoms with Gasteiger partial charge in [0.15, 0.2) is 20.3 Å². The Hall–Kier alpha value is -2.71. The van der Waals surface area contributed by atoms with Crippen LogP contribution in [-0.4, -0.2) is 45.1 Å². The molecule has 0 aliphatic carbocycles. The van der Waals surface area contributed by atoms with Crippen molar-refractivity contribution in [3.8, 4) is 0 Å². The van der Waals surface area contributed by atoms with Gasteiger partial charge in [-0.05, 0) is 11.1 Å².